The second-order valence-corrected chi connectivity index (χ2v) is 5.42. The molecule has 0 fully saturated rings. The van der Waals surface area contributed by atoms with Crippen LogP contribution in [-0.2, 0) is 0 Å². The molecule has 2 aromatic rings. The minimum atomic E-state index is 0.352. The molecular formula is C19H26N2. The molecule has 1 atom stereocenters. The van der Waals surface area contributed by atoms with Crippen molar-refractivity contribution in [2.75, 3.05) is 18.0 Å². The van der Waals surface area contributed by atoms with E-state index < -0.39 is 0 Å². The van der Waals surface area contributed by atoms with Crippen LogP contribution >= 0.6 is 0 Å². The molecule has 0 spiro atoms. The Bertz CT molecular complexity index is 577. The number of nitrogens with zero attached hydrogens (tertiary/aromatic N) is 1. The fourth-order valence-electron chi connectivity index (χ4n) is 2.80. The molecule has 2 rings (SSSR count). The van der Waals surface area contributed by atoms with Gasteiger partial charge in [-0.3, -0.25) is 0 Å². The van der Waals surface area contributed by atoms with Gasteiger partial charge in [-0.15, -0.1) is 0 Å². The van der Waals surface area contributed by atoms with Crippen LogP contribution in [0.1, 0.15) is 37.9 Å². The summed E-state index contributed by atoms with van der Waals surface area (Å²) in [5.74, 6) is 0. The van der Waals surface area contributed by atoms with E-state index in [1.807, 2.05) is 0 Å². The summed E-state index contributed by atoms with van der Waals surface area (Å²) in [5.41, 5.74) is 5.19. The zero-order chi connectivity index (χ0) is 15.2. The third-order valence-corrected chi connectivity index (χ3v) is 3.83. The maximum absolute atomic E-state index is 3.52. The molecule has 1 unspecified atom stereocenters. The molecule has 0 radical (unpaired) electrons. The first-order valence-corrected chi connectivity index (χ1v) is 7.83. The minimum Gasteiger partial charge on any atom is -0.341 e. The van der Waals surface area contributed by atoms with Gasteiger partial charge in [-0.05, 0) is 56.6 Å². The molecule has 0 aliphatic carbocycles. The Balaban J connectivity index is 2.43. The van der Waals surface area contributed by atoms with Gasteiger partial charge in [-0.1, -0.05) is 37.3 Å². The number of hydrogen-bond donors (Lipinski definition) is 1. The van der Waals surface area contributed by atoms with Crippen molar-refractivity contribution in [2.45, 2.75) is 33.7 Å². The topological polar surface area (TPSA) is 15.3 Å². The first-order chi connectivity index (χ1) is 10.2. The Hall–Kier alpha value is -1.80. The van der Waals surface area contributed by atoms with E-state index in [-0.39, 0.29) is 0 Å². The number of nitrogens with one attached hydrogen (secondary N) is 1. The molecule has 0 heterocycles. The number of rotatable bonds is 6. The number of anilines is 2. The summed E-state index contributed by atoms with van der Waals surface area (Å²) in [6.07, 6.45) is 0. The third kappa shape index (κ3) is 3.64. The van der Waals surface area contributed by atoms with E-state index in [0.717, 1.165) is 13.1 Å². The maximum atomic E-state index is 3.52. The minimum absolute atomic E-state index is 0.352. The van der Waals surface area contributed by atoms with Crippen molar-refractivity contribution in [3.8, 4) is 0 Å². The summed E-state index contributed by atoms with van der Waals surface area (Å²) < 4.78 is 0. The van der Waals surface area contributed by atoms with Gasteiger partial charge in [0.05, 0.1) is 0 Å². The molecular weight excluding hydrogens is 256 g/mol. The summed E-state index contributed by atoms with van der Waals surface area (Å²) >= 11 is 0. The van der Waals surface area contributed by atoms with Crippen LogP contribution in [0.15, 0.2) is 48.5 Å². The average Bonchev–Trinajstić information content (AvgIpc) is 2.49. The lowest BCUT2D eigenvalue weighted by Crippen LogP contribution is -2.23. The van der Waals surface area contributed by atoms with Gasteiger partial charge in [0.25, 0.3) is 0 Å². The highest BCUT2D eigenvalue weighted by molar-refractivity contribution is 5.67. The van der Waals surface area contributed by atoms with E-state index in [1.165, 1.54) is 22.5 Å². The standard InChI is InChI=1S/C19H26N2/c1-5-20-16(4)18-12-7-8-13-19(18)21(6-2)17-11-9-10-15(3)14-17/h7-14,16,20H,5-6H2,1-4H3. The van der Waals surface area contributed by atoms with Gasteiger partial charge in [0.2, 0.25) is 0 Å². The molecule has 0 bridgehead atoms. The Labute approximate surface area is 128 Å². The Kier molecular flexibility index (Phi) is 5.40. The lowest BCUT2D eigenvalue weighted by Gasteiger charge is -2.28. The molecule has 0 saturated carbocycles. The first-order valence-electron chi connectivity index (χ1n) is 7.83. The van der Waals surface area contributed by atoms with Crippen molar-refractivity contribution in [1.82, 2.24) is 5.32 Å². The number of para-hydroxylation sites is 1. The van der Waals surface area contributed by atoms with Crippen LogP contribution in [0.4, 0.5) is 11.4 Å². The highest BCUT2D eigenvalue weighted by atomic mass is 15.1. The van der Waals surface area contributed by atoms with Gasteiger partial charge in [0, 0.05) is 24.0 Å². The fraction of sp³-hybridized carbons (Fsp3) is 0.368. The predicted octanol–water partition coefficient (Wildman–Crippen LogP) is 4.82. The van der Waals surface area contributed by atoms with E-state index >= 15 is 0 Å². The van der Waals surface area contributed by atoms with Gasteiger partial charge in [0.15, 0.2) is 0 Å². The molecule has 0 amide bonds. The highest BCUT2D eigenvalue weighted by Gasteiger charge is 2.15. The molecule has 0 aromatic heterocycles. The highest BCUT2D eigenvalue weighted by Crippen LogP contribution is 2.32. The van der Waals surface area contributed by atoms with Crippen LogP contribution in [0.25, 0.3) is 0 Å². The SMILES string of the molecule is CCNC(C)c1ccccc1N(CC)c1cccc(C)c1. The van der Waals surface area contributed by atoms with E-state index in [9.17, 15) is 0 Å². The van der Waals surface area contributed by atoms with Crippen molar-refractivity contribution in [2.24, 2.45) is 0 Å². The van der Waals surface area contributed by atoms with E-state index in [1.54, 1.807) is 0 Å². The number of hydrogen-bond acceptors (Lipinski definition) is 2. The molecule has 0 aliphatic rings. The normalized spacial score (nSPS) is 12.2. The second-order valence-electron chi connectivity index (χ2n) is 5.42. The van der Waals surface area contributed by atoms with Gasteiger partial charge in [-0.25, -0.2) is 0 Å². The summed E-state index contributed by atoms with van der Waals surface area (Å²) in [5, 5.41) is 3.52. The van der Waals surface area contributed by atoms with Crippen molar-refractivity contribution >= 4 is 11.4 Å². The van der Waals surface area contributed by atoms with Gasteiger partial charge >= 0.3 is 0 Å². The number of aryl methyl sites for hydroxylation is 1. The molecule has 2 heteroatoms. The van der Waals surface area contributed by atoms with Crippen LogP contribution in [-0.4, -0.2) is 13.1 Å². The van der Waals surface area contributed by atoms with Crippen LogP contribution in [0, 0.1) is 6.92 Å². The van der Waals surface area contributed by atoms with Crippen molar-refractivity contribution in [3.63, 3.8) is 0 Å². The lowest BCUT2D eigenvalue weighted by molar-refractivity contribution is 0.598. The molecule has 2 nitrogen and oxygen atoms in total. The number of benzene rings is 2. The molecule has 2 aromatic carbocycles. The quantitative estimate of drug-likeness (QED) is 0.817. The maximum Gasteiger partial charge on any atom is 0.0459 e. The molecule has 1 N–H and O–H groups in total. The Morgan fingerprint density at radius 2 is 1.81 bits per heavy atom. The molecule has 21 heavy (non-hydrogen) atoms. The predicted molar refractivity (Wildman–Crippen MR) is 92.4 cm³/mol. The van der Waals surface area contributed by atoms with Gasteiger partial charge in [0.1, 0.15) is 0 Å². The van der Waals surface area contributed by atoms with Crippen LogP contribution < -0.4 is 10.2 Å². The van der Waals surface area contributed by atoms with Crippen molar-refractivity contribution in [3.05, 3.63) is 59.7 Å². The zero-order valence-corrected chi connectivity index (χ0v) is 13.6. The summed E-state index contributed by atoms with van der Waals surface area (Å²) in [7, 11) is 0. The van der Waals surface area contributed by atoms with E-state index in [0.29, 0.717) is 6.04 Å². The second kappa shape index (κ2) is 7.28. The van der Waals surface area contributed by atoms with Crippen LogP contribution in [0.2, 0.25) is 0 Å². The largest absolute Gasteiger partial charge is 0.341 e. The summed E-state index contributed by atoms with van der Waals surface area (Å²) in [4.78, 5) is 2.39. The summed E-state index contributed by atoms with van der Waals surface area (Å²) in [6.45, 7) is 10.7. The van der Waals surface area contributed by atoms with Gasteiger partial charge in [-0.2, -0.15) is 0 Å². The van der Waals surface area contributed by atoms with Crippen LogP contribution in [0.3, 0.4) is 0 Å². The van der Waals surface area contributed by atoms with Crippen molar-refractivity contribution < 1.29 is 0 Å². The molecule has 0 aliphatic heterocycles. The zero-order valence-electron chi connectivity index (χ0n) is 13.6. The van der Waals surface area contributed by atoms with Gasteiger partial charge < -0.3 is 10.2 Å². The average molecular weight is 282 g/mol. The summed E-state index contributed by atoms with van der Waals surface area (Å²) in [6, 6.07) is 17.7. The third-order valence-electron chi connectivity index (χ3n) is 3.83. The lowest BCUT2D eigenvalue weighted by atomic mass is 10.0. The smallest absolute Gasteiger partial charge is 0.0459 e. The monoisotopic (exact) mass is 282 g/mol. The Morgan fingerprint density at radius 3 is 2.48 bits per heavy atom. The Morgan fingerprint density at radius 1 is 1.05 bits per heavy atom. The molecule has 112 valence electrons. The van der Waals surface area contributed by atoms with Crippen LogP contribution in [0.5, 0.6) is 0 Å². The van der Waals surface area contributed by atoms with Crippen molar-refractivity contribution in [1.29, 1.82) is 0 Å². The van der Waals surface area contributed by atoms with E-state index in [2.05, 4.69) is 86.4 Å². The first kappa shape index (κ1) is 15.6. The molecule has 0 saturated heterocycles. The fourth-order valence-corrected chi connectivity index (χ4v) is 2.80. The van der Waals surface area contributed by atoms with E-state index in [4.69, 9.17) is 0 Å².